The molecule has 1 aromatic carbocycles. The lowest BCUT2D eigenvalue weighted by atomic mass is 10.0. The molecule has 1 aliphatic rings. The first kappa shape index (κ1) is 15.8. The number of hydrogen-bond donors (Lipinski definition) is 2. The van der Waals surface area contributed by atoms with Crippen LogP contribution >= 0.6 is 0 Å². The summed E-state index contributed by atoms with van der Waals surface area (Å²) < 4.78 is 13.6. The molecule has 2 N–H and O–H groups in total. The topological polar surface area (TPSA) is 44.4 Å². The van der Waals surface area contributed by atoms with Crippen molar-refractivity contribution in [1.82, 2.24) is 10.2 Å². The van der Waals surface area contributed by atoms with Gasteiger partial charge in [0.1, 0.15) is 5.82 Å². The Balaban J connectivity index is 2.00. The van der Waals surface area contributed by atoms with Gasteiger partial charge < -0.3 is 15.5 Å². The Labute approximate surface area is 125 Å². The van der Waals surface area contributed by atoms with Gasteiger partial charge in [-0.05, 0) is 45.4 Å². The molecular formula is C16H24FN3O. The van der Waals surface area contributed by atoms with Gasteiger partial charge in [0.15, 0.2) is 0 Å². The lowest BCUT2D eigenvalue weighted by Gasteiger charge is -2.33. The quantitative estimate of drug-likeness (QED) is 0.895. The van der Waals surface area contributed by atoms with Crippen LogP contribution in [0.5, 0.6) is 0 Å². The third kappa shape index (κ3) is 4.43. The summed E-state index contributed by atoms with van der Waals surface area (Å²) in [6, 6.07) is 6.39. The van der Waals surface area contributed by atoms with Crippen molar-refractivity contribution < 1.29 is 9.18 Å². The van der Waals surface area contributed by atoms with Crippen molar-refractivity contribution in [3.8, 4) is 0 Å². The molecule has 0 spiro atoms. The fraction of sp³-hybridized carbons (Fsp3) is 0.562. The molecule has 1 fully saturated rings. The van der Waals surface area contributed by atoms with E-state index in [0.29, 0.717) is 12.6 Å². The maximum absolute atomic E-state index is 13.6. The first-order valence-corrected chi connectivity index (χ1v) is 7.63. The van der Waals surface area contributed by atoms with Crippen molar-refractivity contribution in [1.29, 1.82) is 0 Å². The van der Waals surface area contributed by atoms with E-state index < -0.39 is 5.82 Å². The van der Waals surface area contributed by atoms with Crippen molar-refractivity contribution in [2.75, 3.05) is 18.4 Å². The second kappa shape index (κ2) is 7.41. The van der Waals surface area contributed by atoms with Crippen molar-refractivity contribution in [3.63, 3.8) is 0 Å². The number of halogens is 1. The van der Waals surface area contributed by atoms with Crippen molar-refractivity contribution in [3.05, 3.63) is 30.1 Å². The van der Waals surface area contributed by atoms with Crippen LogP contribution in [0.4, 0.5) is 14.9 Å². The molecule has 4 nitrogen and oxygen atoms in total. The smallest absolute Gasteiger partial charge is 0.321 e. The first-order chi connectivity index (χ1) is 10.1. The minimum Gasteiger partial charge on any atom is -0.321 e. The van der Waals surface area contributed by atoms with Crippen LogP contribution in [0.2, 0.25) is 0 Å². The van der Waals surface area contributed by atoms with Crippen LogP contribution in [0.25, 0.3) is 0 Å². The predicted octanol–water partition coefficient (Wildman–Crippen LogP) is 3.21. The second-order valence-corrected chi connectivity index (χ2v) is 5.80. The van der Waals surface area contributed by atoms with Gasteiger partial charge in [0, 0.05) is 18.6 Å². The summed E-state index contributed by atoms with van der Waals surface area (Å²) in [5, 5.41) is 6.10. The van der Waals surface area contributed by atoms with E-state index in [1.54, 1.807) is 23.1 Å². The lowest BCUT2D eigenvalue weighted by molar-refractivity contribution is 0.182. The number of para-hydroxylation sites is 1. The van der Waals surface area contributed by atoms with E-state index in [1.807, 2.05) is 13.8 Å². The largest absolute Gasteiger partial charge is 0.322 e. The molecule has 5 heteroatoms. The molecule has 2 amide bonds. The zero-order valence-corrected chi connectivity index (χ0v) is 12.7. The van der Waals surface area contributed by atoms with Gasteiger partial charge >= 0.3 is 6.03 Å². The Morgan fingerprint density at radius 1 is 1.43 bits per heavy atom. The molecule has 0 radical (unpaired) electrons. The Hall–Kier alpha value is -1.62. The van der Waals surface area contributed by atoms with Gasteiger partial charge in [0.2, 0.25) is 0 Å². The molecule has 0 aromatic heterocycles. The Kier molecular flexibility index (Phi) is 5.56. The predicted molar refractivity (Wildman–Crippen MR) is 82.9 cm³/mol. The SMILES string of the molecule is CC(C)N(CC1CCCCN1)C(=O)Nc1ccccc1F. The summed E-state index contributed by atoms with van der Waals surface area (Å²) in [4.78, 5) is 14.2. The van der Waals surface area contributed by atoms with E-state index >= 15 is 0 Å². The first-order valence-electron chi connectivity index (χ1n) is 7.63. The number of amides is 2. The lowest BCUT2D eigenvalue weighted by Crippen LogP contribution is -2.49. The Morgan fingerprint density at radius 3 is 2.81 bits per heavy atom. The number of rotatable bonds is 4. The number of hydrogen-bond acceptors (Lipinski definition) is 2. The molecule has 1 unspecified atom stereocenters. The summed E-state index contributed by atoms with van der Waals surface area (Å²) >= 11 is 0. The van der Waals surface area contributed by atoms with Gasteiger partial charge in [-0.2, -0.15) is 0 Å². The molecule has 1 atom stereocenters. The van der Waals surface area contributed by atoms with Gasteiger partial charge in [0.25, 0.3) is 0 Å². The zero-order chi connectivity index (χ0) is 15.2. The van der Waals surface area contributed by atoms with Crippen LogP contribution in [0, 0.1) is 5.82 Å². The molecule has 116 valence electrons. The third-order valence-electron chi connectivity index (χ3n) is 3.83. The summed E-state index contributed by atoms with van der Waals surface area (Å²) in [7, 11) is 0. The molecule has 1 heterocycles. The molecule has 0 aliphatic carbocycles. The monoisotopic (exact) mass is 293 g/mol. The van der Waals surface area contributed by atoms with Gasteiger partial charge in [-0.15, -0.1) is 0 Å². The zero-order valence-electron chi connectivity index (χ0n) is 12.7. The van der Waals surface area contributed by atoms with Gasteiger partial charge in [-0.25, -0.2) is 9.18 Å². The molecule has 0 bridgehead atoms. The Bertz CT molecular complexity index is 472. The number of nitrogens with zero attached hydrogens (tertiary/aromatic N) is 1. The van der Waals surface area contributed by atoms with Crippen molar-refractivity contribution >= 4 is 11.7 Å². The normalized spacial score (nSPS) is 18.6. The van der Waals surface area contributed by atoms with Crippen LogP contribution in [-0.2, 0) is 0 Å². The maximum atomic E-state index is 13.6. The molecule has 1 saturated heterocycles. The average molecular weight is 293 g/mol. The van der Waals surface area contributed by atoms with Crippen molar-refractivity contribution in [2.45, 2.75) is 45.2 Å². The van der Waals surface area contributed by atoms with Gasteiger partial charge in [0.05, 0.1) is 5.69 Å². The van der Waals surface area contributed by atoms with E-state index in [0.717, 1.165) is 13.0 Å². The number of carbonyl (C=O) groups is 1. The molecule has 1 aromatic rings. The number of nitrogens with one attached hydrogen (secondary N) is 2. The molecule has 0 saturated carbocycles. The van der Waals surface area contributed by atoms with Crippen LogP contribution < -0.4 is 10.6 Å². The number of anilines is 1. The van der Waals surface area contributed by atoms with Crippen LogP contribution in [0.15, 0.2) is 24.3 Å². The maximum Gasteiger partial charge on any atom is 0.322 e. The number of urea groups is 1. The number of piperidine rings is 1. The highest BCUT2D eigenvalue weighted by atomic mass is 19.1. The van der Waals surface area contributed by atoms with E-state index in [4.69, 9.17) is 0 Å². The summed E-state index contributed by atoms with van der Waals surface area (Å²) in [5.41, 5.74) is 0.227. The molecule has 2 rings (SSSR count). The molecule has 1 aliphatic heterocycles. The third-order valence-corrected chi connectivity index (χ3v) is 3.83. The highest BCUT2D eigenvalue weighted by molar-refractivity contribution is 5.89. The average Bonchev–Trinajstić information content (AvgIpc) is 2.48. The van der Waals surface area contributed by atoms with Crippen LogP contribution in [-0.4, -0.2) is 36.1 Å². The van der Waals surface area contributed by atoms with E-state index in [-0.39, 0.29) is 17.8 Å². The van der Waals surface area contributed by atoms with Crippen LogP contribution in [0.3, 0.4) is 0 Å². The fourth-order valence-corrected chi connectivity index (χ4v) is 2.60. The number of benzene rings is 1. The number of carbonyl (C=O) groups excluding carboxylic acids is 1. The fourth-order valence-electron chi connectivity index (χ4n) is 2.60. The molecular weight excluding hydrogens is 269 g/mol. The highest BCUT2D eigenvalue weighted by Gasteiger charge is 2.23. The highest BCUT2D eigenvalue weighted by Crippen LogP contribution is 2.15. The van der Waals surface area contributed by atoms with E-state index in [2.05, 4.69) is 10.6 Å². The second-order valence-electron chi connectivity index (χ2n) is 5.80. The summed E-state index contributed by atoms with van der Waals surface area (Å²) in [5.74, 6) is -0.412. The standard InChI is InChI=1S/C16H24FN3O/c1-12(2)20(11-13-7-5-6-10-18-13)16(21)19-15-9-4-3-8-14(15)17/h3-4,8-9,12-13,18H,5-7,10-11H2,1-2H3,(H,19,21). The van der Waals surface area contributed by atoms with Crippen LogP contribution in [0.1, 0.15) is 33.1 Å². The Morgan fingerprint density at radius 2 is 2.19 bits per heavy atom. The van der Waals surface area contributed by atoms with Gasteiger partial charge in [-0.3, -0.25) is 0 Å². The van der Waals surface area contributed by atoms with E-state index in [9.17, 15) is 9.18 Å². The van der Waals surface area contributed by atoms with Crippen molar-refractivity contribution in [2.24, 2.45) is 0 Å². The minimum atomic E-state index is -0.412. The van der Waals surface area contributed by atoms with Gasteiger partial charge in [-0.1, -0.05) is 18.6 Å². The van der Waals surface area contributed by atoms with E-state index in [1.165, 1.54) is 18.9 Å². The minimum absolute atomic E-state index is 0.0699. The summed E-state index contributed by atoms with van der Waals surface area (Å²) in [6.45, 7) is 5.61. The molecule has 21 heavy (non-hydrogen) atoms. The summed E-state index contributed by atoms with van der Waals surface area (Å²) in [6.07, 6.45) is 3.47.